The molecule has 1 aromatic rings. The van der Waals surface area contributed by atoms with E-state index in [1.807, 2.05) is 0 Å². The van der Waals surface area contributed by atoms with Gasteiger partial charge in [-0.1, -0.05) is 0 Å². The topological polar surface area (TPSA) is 84.5 Å². The van der Waals surface area contributed by atoms with Gasteiger partial charge in [0.25, 0.3) is 0 Å². The summed E-state index contributed by atoms with van der Waals surface area (Å²) in [4.78, 5) is 12.2. The van der Waals surface area contributed by atoms with Gasteiger partial charge in [-0.2, -0.15) is 0 Å². The van der Waals surface area contributed by atoms with Crippen LogP contribution in [0.2, 0.25) is 0 Å². The van der Waals surface area contributed by atoms with Gasteiger partial charge in [0.05, 0.1) is 11.4 Å². The number of piperidine rings is 1. The number of benzene rings is 1. The molecule has 0 aromatic heterocycles. The van der Waals surface area contributed by atoms with Crippen molar-refractivity contribution in [3.8, 4) is 5.75 Å². The second-order valence-corrected chi connectivity index (χ2v) is 7.42. The van der Waals surface area contributed by atoms with Gasteiger partial charge in [0.2, 0.25) is 5.91 Å². The van der Waals surface area contributed by atoms with Gasteiger partial charge in [0.1, 0.15) is 12.4 Å². The predicted octanol–water partition coefficient (Wildman–Crippen LogP) is 1.01. The molecule has 1 saturated heterocycles. The summed E-state index contributed by atoms with van der Waals surface area (Å²) >= 11 is 0. The molecule has 2 rings (SSSR count). The van der Waals surface area contributed by atoms with Crippen LogP contribution < -0.4 is 15.4 Å². The molecule has 1 heterocycles. The Hall–Kier alpha value is -1.31. The molecule has 2 N–H and O–H groups in total. The normalized spacial score (nSPS) is 15.5. The van der Waals surface area contributed by atoms with Gasteiger partial charge in [-0.25, -0.2) is 8.42 Å². The Balaban J connectivity index is 0.00000264. The van der Waals surface area contributed by atoms with E-state index in [0.717, 1.165) is 25.9 Å². The maximum atomic E-state index is 11.9. The number of ether oxygens (including phenoxy) is 1. The number of carbonyl (C=O) groups is 1. The fourth-order valence-corrected chi connectivity index (χ4v) is 2.99. The fourth-order valence-electron chi connectivity index (χ4n) is 2.35. The molecule has 0 spiro atoms. The number of hydrogen-bond donors (Lipinski definition) is 2. The highest BCUT2D eigenvalue weighted by atomic mass is 35.5. The standard InChI is InChI=1S/C15H22N2O4S.ClH/c1-22(19,20)14-4-2-13(3-5-14)21-11-10-17-15(18)12-6-8-16-9-7-12;/h2-5,12,16H,6-11H2,1H3,(H,17,18);1H. The van der Waals surface area contributed by atoms with E-state index in [1.54, 1.807) is 12.1 Å². The maximum absolute atomic E-state index is 11.9. The van der Waals surface area contributed by atoms with Crippen LogP contribution in [0.15, 0.2) is 29.2 Å². The van der Waals surface area contributed by atoms with Crippen molar-refractivity contribution in [3.05, 3.63) is 24.3 Å². The van der Waals surface area contributed by atoms with Gasteiger partial charge in [-0.3, -0.25) is 4.79 Å². The molecule has 23 heavy (non-hydrogen) atoms. The second-order valence-electron chi connectivity index (χ2n) is 5.41. The van der Waals surface area contributed by atoms with Crippen molar-refractivity contribution in [1.29, 1.82) is 0 Å². The molecule has 1 aliphatic heterocycles. The average molecular weight is 363 g/mol. The Bertz CT molecular complexity index is 598. The van der Waals surface area contributed by atoms with Crippen LogP contribution in [0, 0.1) is 5.92 Å². The predicted molar refractivity (Wildman–Crippen MR) is 90.9 cm³/mol. The van der Waals surface area contributed by atoms with Gasteiger partial charge in [-0.15, -0.1) is 12.4 Å². The summed E-state index contributed by atoms with van der Waals surface area (Å²) in [6.45, 7) is 2.58. The number of sulfone groups is 1. The van der Waals surface area contributed by atoms with Crippen LogP contribution in [0.1, 0.15) is 12.8 Å². The molecule has 8 heteroatoms. The minimum absolute atomic E-state index is 0. The van der Waals surface area contributed by atoms with Crippen LogP contribution in [-0.2, 0) is 14.6 Å². The summed E-state index contributed by atoms with van der Waals surface area (Å²) in [6, 6.07) is 6.26. The van der Waals surface area contributed by atoms with Crippen molar-refractivity contribution in [2.24, 2.45) is 5.92 Å². The lowest BCUT2D eigenvalue weighted by Crippen LogP contribution is -2.39. The zero-order chi connectivity index (χ0) is 16.0. The molecule has 1 amide bonds. The number of carbonyl (C=O) groups excluding carboxylic acids is 1. The summed E-state index contributed by atoms with van der Waals surface area (Å²) in [5.74, 6) is 0.760. The Morgan fingerprint density at radius 1 is 1.26 bits per heavy atom. The molecular weight excluding hydrogens is 340 g/mol. The minimum atomic E-state index is -3.19. The third-order valence-corrected chi connectivity index (χ3v) is 4.76. The Morgan fingerprint density at radius 2 is 1.87 bits per heavy atom. The third kappa shape index (κ3) is 6.37. The van der Waals surface area contributed by atoms with Gasteiger partial charge in [0, 0.05) is 12.2 Å². The number of nitrogens with one attached hydrogen (secondary N) is 2. The highest BCUT2D eigenvalue weighted by Gasteiger charge is 2.20. The first kappa shape index (κ1) is 19.7. The highest BCUT2D eigenvalue weighted by Crippen LogP contribution is 2.15. The van der Waals surface area contributed by atoms with Crippen LogP contribution in [0.5, 0.6) is 5.75 Å². The summed E-state index contributed by atoms with van der Waals surface area (Å²) in [6.07, 6.45) is 2.92. The zero-order valence-electron chi connectivity index (χ0n) is 13.1. The van der Waals surface area contributed by atoms with Gasteiger partial charge in [-0.05, 0) is 50.2 Å². The van der Waals surface area contributed by atoms with E-state index < -0.39 is 9.84 Å². The van der Waals surface area contributed by atoms with E-state index in [1.165, 1.54) is 18.4 Å². The first-order chi connectivity index (χ1) is 10.5. The Morgan fingerprint density at radius 3 is 2.43 bits per heavy atom. The number of rotatable bonds is 6. The lowest BCUT2D eigenvalue weighted by Gasteiger charge is -2.21. The summed E-state index contributed by atoms with van der Waals surface area (Å²) in [5, 5.41) is 6.10. The van der Waals surface area contributed by atoms with E-state index in [4.69, 9.17) is 4.74 Å². The van der Waals surface area contributed by atoms with Crippen molar-refractivity contribution in [3.63, 3.8) is 0 Å². The van der Waals surface area contributed by atoms with Crippen LogP contribution in [-0.4, -0.2) is 46.8 Å². The van der Waals surface area contributed by atoms with Crippen molar-refractivity contribution in [2.45, 2.75) is 17.7 Å². The van der Waals surface area contributed by atoms with Gasteiger partial charge in [0.15, 0.2) is 9.84 Å². The monoisotopic (exact) mass is 362 g/mol. The molecule has 0 bridgehead atoms. The van der Waals surface area contributed by atoms with Crippen LogP contribution in [0.4, 0.5) is 0 Å². The van der Waals surface area contributed by atoms with E-state index in [-0.39, 0.29) is 29.1 Å². The zero-order valence-corrected chi connectivity index (χ0v) is 14.7. The lowest BCUT2D eigenvalue weighted by molar-refractivity contribution is -0.125. The molecule has 0 aliphatic carbocycles. The molecule has 0 unspecified atom stereocenters. The molecule has 0 saturated carbocycles. The molecular formula is C15H23ClN2O4S. The first-order valence-corrected chi connectivity index (χ1v) is 9.27. The SMILES string of the molecule is CS(=O)(=O)c1ccc(OCCNC(=O)C2CCNCC2)cc1.Cl. The van der Waals surface area contributed by atoms with Crippen molar-refractivity contribution in [2.75, 3.05) is 32.5 Å². The second kappa shape index (κ2) is 9.10. The third-order valence-electron chi connectivity index (χ3n) is 3.63. The Labute approximate surface area is 143 Å². The summed E-state index contributed by atoms with van der Waals surface area (Å²) < 4.78 is 28.2. The maximum Gasteiger partial charge on any atom is 0.223 e. The minimum Gasteiger partial charge on any atom is -0.492 e. The van der Waals surface area contributed by atoms with E-state index in [2.05, 4.69) is 10.6 Å². The number of hydrogen-bond acceptors (Lipinski definition) is 5. The van der Waals surface area contributed by atoms with Gasteiger partial charge < -0.3 is 15.4 Å². The smallest absolute Gasteiger partial charge is 0.223 e. The van der Waals surface area contributed by atoms with Crippen molar-refractivity contribution < 1.29 is 17.9 Å². The first-order valence-electron chi connectivity index (χ1n) is 7.38. The van der Waals surface area contributed by atoms with Crippen LogP contribution in [0.3, 0.4) is 0 Å². The van der Waals surface area contributed by atoms with E-state index >= 15 is 0 Å². The number of amides is 1. The van der Waals surface area contributed by atoms with Crippen molar-refractivity contribution in [1.82, 2.24) is 10.6 Å². The average Bonchev–Trinajstić information content (AvgIpc) is 2.52. The molecule has 1 aromatic carbocycles. The van der Waals surface area contributed by atoms with Gasteiger partial charge >= 0.3 is 0 Å². The van der Waals surface area contributed by atoms with Crippen LogP contribution >= 0.6 is 12.4 Å². The molecule has 1 aliphatic rings. The molecule has 1 fully saturated rings. The van der Waals surface area contributed by atoms with E-state index in [0.29, 0.717) is 18.9 Å². The molecule has 130 valence electrons. The molecule has 0 radical (unpaired) electrons. The largest absolute Gasteiger partial charge is 0.492 e. The number of halogens is 1. The fraction of sp³-hybridized carbons (Fsp3) is 0.533. The Kier molecular flexibility index (Phi) is 7.81. The van der Waals surface area contributed by atoms with Crippen molar-refractivity contribution >= 4 is 28.2 Å². The van der Waals surface area contributed by atoms with Crippen LogP contribution in [0.25, 0.3) is 0 Å². The molecule has 0 atom stereocenters. The summed E-state index contributed by atoms with van der Waals surface area (Å²) in [7, 11) is -3.19. The summed E-state index contributed by atoms with van der Waals surface area (Å²) in [5.41, 5.74) is 0. The quantitative estimate of drug-likeness (QED) is 0.738. The van der Waals surface area contributed by atoms with E-state index in [9.17, 15) is 13.2 Å². The lowest BCUT2D eigenvalue weighted by atomic mass is 9.97. The molecule has 6 nitrogen and oxygen atoms in total. The highest BCUT2D eigenvalue weighted by molar-refractivity contribution is 7.90.